The molecule has 3 rings (SSSR count). The molecule has 1 N–H and O–H groups in total. The number of nitrogens with zero attached hydrogens (tertiary/aromatic N) is 1. The summed E-state index contributed by atoms with van der Waals surface area (Å²) in [6.07, 6.45) is 1.40. The van der Waals surface area contributed by atoms with Crippen LogP contribution in [0.3, 0.4) is 0 Å². The summed E-state index contributed by atoms with van der Waals surface area (Å²) < 4.78 is 6.53. The van der Waals surface area contributed by atoms with E-state index in [0.29, 0.717) is 21.6 Å². The van der Waals surface area contributed by atoms with Gasteiger partial charge in [0.2, 0.25) is 0 Å². The van der Waals surface area contributed by atoms with Crippen molar-refractivity contribution in [2.75, 3.05) is 5.32 Å². The van der Waals surface area contributed by atoms with Crippen molar-refractivity contribution < 1.29 is 9.21 Å². The number of halogens is 2. The summed E-state index contributed by atoms with van der Waals surface area (Å²) in [5, 5.41) is 13.0. The normalized spacial score (nSPS) is 11.1. The van der Waals surface area contributed by atoms with E-state index in [4.69, 9.17) is 16.0 Å². The Morgan fingerprint density at radius 3 is 2.64 bits per heavy atom. The molecule has 0 saturated carbocycles. The van der Waals surface area contributed by atoms with Crippen molar-refractivity contribution in [2.24, 2.45) is 0 Å². The lowest BCUT2D eigenvalue weighted by molar-refractivity contribution is -0.112. The number of hydrogen-bond donors (Lipinski definition) is 1. The average Bonchev–Trinajstić information content (AvgIpc) is 3.02. The van der Waals surface area contributed by atoms with E-state index < -0.39 is 5.91 Å². The molecule has 0 saturated heterocycles. The maximum atomic E-state index is 12.4. The van der Waals surface area contributed by atoms with E-state index in [9.17, 15) is 10.1 Å². The van der Waals surface area contributed by atoms with E-state index >= 15 is 0 Å². The molecule has 4 nitrogen and oxygen atoms in total. The smallest absolute Gasteiger partial charge is 0.266 e. The van der Waals surface area contributed by atoms with E-state index in [1.807, 2.05) is 37.3 Å². The summed E-state index contributed by atoms with van der Waals surface area (Å²) in [5.74, 6) is -0.164. The minimum Gasteiger partial charge on any atom is -0.449 e. The lowest BCUT2D eigenvalue weighted by Gasteiger charge is -2.05. The molecule has 3 aromatic rings. The third-order valence-electron chi connectivity index (χ3n) is 3.68. The number of nitriles is 1. The molecule has 140 valence electrons. The highest BCUT2D eigenvalue weighted by Gasteiger charge is 2.15. The number of amides is 1. The van der Waals surface area contributed by atoms with Crippen LogP contribution in [0.15, 0.2) is 79.0 Å². The second-order valence-corrected chi connectivity index (χ2v) is 8.11. The lowest BCUT2D eigenvalue weighted by Crippen LogP contribution is -2.13. The van der Waals surface area contributed by atoms with E-state index in [0.717, 1.165) is 9.37 Å². The summed E-state index contributed by atoms with van der Waals surface area (Å²) in [7, 11) is 0. The van der Waals surface area contributed by atoms with Gasteiger partial charge >= 0.3 is 0 Å². The van der Waals surface area contributed by atoms with Crippen molar-refractivity contribution in [3.8, 4) is 6.07 Å². The van der Waals surface area contributed by atoms with Crippen LogP contribution in [0.1, 0.15) is 11.3 Å². The van der Waals surface area contributed by atoms with Crippen LogP contribution >= 0.6 is 39.3 Å². The quantitative estimate of drug-likeness (QED) is 0.331. The fourth-order valence-electron chi connectivity index (χ4n) is 2.27. The second kappa shape index (κ2) is 9.16. The molecule has 0 fully saturated rings. The Bertz CT molecular complexity index is 1080. The van der Waals surface area contributed by atoms with Gasteiger partial charge in [0, 0.05) is 11.0 Å². The molecule has 0 unspecified atom stereocenters. The van der Waals surface area contributed by atoms with Gasteiger partial charge in [0.1, 0.15) is 17.4 Å². The summed E-state index contributed by atoms with van der Waals surface area (Å²) in [6.45, 7) is 2.03. The zero-order chi connectivity index (χ0) is 20.1. The van der Waals surface area contributed by atoms with Gasteiger partial charge in [-0.1, -0.05) is 53.2 Å². The molecule has 2 aromatic carbocycles. The van der Waals surface area contributed by atoms with Crippen LogP contribution in [0, 0.1) is 18.3 Å². The standard InChI is InChI=1S/C21H14BrClN2O2S/c1-13-6-8-16(9-7-13)28-21-17(22)11-15(27-21)10-14(12-24)20(26)25-19-5-3-2-4-18(19)23/h2-11H,1H3,(H,25,26)/b14-10-. The Morgan fingerprint density at radius 1 is 1.25 bits per heavy atom. The van der Waals surface area contributed by atoms with Crippen LogP contribution in [0.4, 0.5) is 5.69 Å². The van der Waals surface area contributed by atoms with Gasteiger partial charge in [-0.2, -0.15) is 5.26 Å². The van der Waals surface area contributed by atoms with Gasteiger partial charge in [-0.3, -0.25) is 4.79 Å². The zero-order valence-electron chi connectivity index (χ0n) is 14.7. The fraction of sp³-hybridized carbons (Fsp3) is 0.0476. The molecule has 0 bridgehead atoms. The Balaban J connectivity index is 1.79. The highest BCUT2D eigenvalue weighted by atomic mass is 79.9. The van der Waals surface area contributed by atoms with E-state index in [2.05, 4.69) is 21.2 Å². The molecule has 1 amide bonds. The van der Waals surface area contributed by atoms with Crippen LogP contribution < -0.4 is 5.32 Å². The number of anilines is 1. The van der Waals surface area contributed by atoms with Crippen molar-refractivity contribution in [3.63, 3.8) is 0 Å². The largest absolute Gasteiger partial charge is 0.449 e. The Labute approximate surface area is 180 Å². The molecule has 7 heteroatoms. The first-order valence-electron chi connectivity index (χ1n) is 8.18. The molecule has 0 atom stereocenters. The van der Waals surface area contributed by atoms with Crippen molar-refractivity contribution in [3.05, 3.63) is 81.0 Å². The van der Waals surface area contributed by atoms with Crippen molar-refractivity contribution in [2.45, 2.75) is 16.9 Å². The van der Waals surface area contributed by atoms with Crippen LogP contribution in [-0.4, -0.2) is 5.91 Å². The van der Waals surface area contributed by atoms with E-state index in [1.165, 1.54) is 23.4 Å². The predicted molar refractivity (Wildman–Crippen MR) is 115 cm³/mol. The molecule has 0 radical (unpaired) electrons. The van der Waals surface area contributed by atoms with Gasteiger partial charge in [-0.25, -0.2) is 0 Å². The van der Waals surface area contributed by atoms with Gasteiger partial charge in [0.15, 0.2) is 5.09 Å². The van der Waals surface area contributed by atoms with Gasteiger partial charge in [0.25, 0.3) is 5.91 Å². The number of carbonyl (C=O) groups excluding carboxylic acids is 1. The predicted octanol–water partition coefficient (Wildman–Crippen LogP) is 6.70. The Hall–Kier alpha value is -2.46. The van der Waals surface area contributed by atoms with E-state index in [-0.39, 0.29) is 5.57 Å². The Morgan fingerprint density at radius 2 is 1.96 bits per heavy atom. The molecule has 0 spiro atoms. The molecule has 0 aliphatic rings. The molecular weight excluding hydrogens is 460 g/mol. The number of nitrogens with one attached hydrogen (secondary N) is 1. The number of hydrogen-bond acceptors (Lipinski definition) is 4. The Kier molecular flexibility index (Phi) is 6.63. The van der Waals surface area contributed by atoms with Crippen LogP contribution in [0.25, 0.3) is 6.08 Å². The van der Waals surface area contributed by atoms with Crippen molar-refractivity contribution >= 4 is 57.0 Å². The first-order chi connectivity index (χ1) is 13.5. The SMILES string of the molecule is Cc1ccc(Sc2oc(/C=C(/C#N)C(=O)Nc3ccccc3Cl)cc2Br)cc1. The minimum atomic E-state index is -0.559. The van der Waals surface area contributed by atoms with Gasteiger partial charge in [-0.05, 0) is 53.2 Å². The molecule has 1 heterocycles. The third kappa shape index (κ3) is 5.08. The third-order valence-corrected chi connectivity index (χ3v) is 5.86. The minimum absolute atomic E-state index is 0.0898. The average molecular weight is 474 g/mol. The van der Waals surface area contributed by atoms with Crippen LogP contribution in [-0.2, 0) is 4.79 Å². The number of rotatable bonds is 5. The van der Waals surface area contributed by atoms with Gasteiger partial charge in [-0.15, -0.1) is 0 Å². The van der Waals surface area contributed by atoms with Gasteiger partial charge in [0.05, 0.1) is 15.2 Å². The number of benzene rings is 2. The first-order valence-corrected chi connectivity index (χ1v) is 10.2. The number of aryl methyl sites for hydroxylation is 1. The molecular formula is C21H14BrClN2O2S. The summed E-state index contributed by atoms with van der Waals surface area (Å²) >= 11 is 10.9. The molecule has 0 aliphatic carbocycles. The van der Waals surface area contributed by atoms with Crippen LogP contribution in [0.5, 0.6) is 0 Å². The summed E-state index contributed by atoms with van der Waals surface area (Å²) in [4.78, 5) is 13.4. The fourth-order valence-corrected chi connectivity index (χ4v) is 3.78. The number of para-hydroxylation sites is 1. The lowest BCUT2D eigenvalue weighted by atomic mass is 10.2. The molecule has 0 aliphatic heterocycles. The topological polar surface area (TPSA) is 66.0 Å². The monoisotopic (exact) mass is 472 g/mol. The van der Waals surface area contributed by atoms with Gasteiger partial charge < -0.3 is 9.73 Å². The number of carbonyl (C=O) groups is 1. The molecule has 1 aromatic heterocycles. The highest BCUT2D eigenvalue weighted by Crippen LogP contribution is 2.36. The summed E-state index contributed by atoms with van der Waals surface area (Å²) in [6, 6.07) is 18.5. The second-order valence-electron chi connectivity index (χ2n) is 5.80. The van der Waals surface area contributed by atoms with Crippen molar-refractivity contribution in [1.29, 1.82) is 5.26 Å². The maximum Gasteiger partial charge on any atom is 0.266 e. The van der Waals surface area contributed by atoms with E-state index in [1.54, 1.807) is 30.3 Å². The summed E-state index contributed by atoms with van der Waals surface area (Å²) in [5.41, 5.74) is 1.52. The number of furan rings is 1. The first kappa shape index (κ1) is 20.3. The van der Waals surface area contributed by atoms with Crippen molar-refractivity contribution in [1.82, 2.24) is 0 Å². The highest BCUT2D eigenvalue weighted by molar-refractivity contribution is 9.10. The zero-order valence-corrected chi connectivity index (χ0v) is 17.9. The molecule has 28 heavy (non-hydrogen) atoms. The van der Waals surface area contributed by atoms with Crippen LogP contribution in [0.2, 0.25) is 5.02 Å². The maximum absolute atomic E-state index is 12.4.